The van der Waals surface area contributed by atoms with Crippen molar-refractivity contribution in [3.8, 4) is 6.07 Å². The summed E-state index contributed by atoms with van der Waals surface area (Å²) in [4.78, 5) is 17.8. The number of carbonyl (C=O) groups excluding carboxylic acids is 1. The van der Waals surface area contributed by atoms with E-state index in [0.29, 0.717) is 12.1 Å². The van der Waals surface area contributed by atoms with Gasteiger partial charge in [0.05, 0.1) is 0 Å². The largest absolute Gasteiger partial charge is 0.337 e. The van der Waals surface area contributed by atoms with E-state index in [0.717, 1.165) is 10.0 Å². The molecule has 0 saturated heterocycles. The molecule has 0 radical (unpaired) electrons. The number of nitriles is 1. The van der Waals surface area contributed by atoms with Crippen LogP contribution in [0, 0.1) is 11.3 Å². The van der Waals surface area contributed by atoms with Crippen molar-refractivity contribution in [1.82, 2.24) is 9.88 Å². The molecular formula is C15H12BrN3O. The van der Waals surface area contributed by atoms with Crippen molar-refractivity contribution in [2.75, 3.05) is 7.05 Å². The number of halogens is 1. The zero-order chi connectivity index (χ0) is 14.5. The molecule has 0 atom stereocenters. The number of amides is 1. The summed E-state index contributed by atoms with van der Waals surface area (Å²) in [5, 5.41) is 8.81. The molecule has 1 amide bonds. The third-order valence-electron chi connectivity index (χ3n) is 2.83. The third-order valence-corrected chi connectivity index (χ3v) is 3.61. The first-order chi connectivity index (χ1) is 9.61. The summed E-state index contributed by atoms with van der Waals surface area (Å²) in [5.74, 6) is -0.139. The minimum absolute atomic E-state index is 0.139. The average molecular weight is 330 g/mol. The molecule has 0 unspecified atom stereocenters. The van der Waals surface area contributed by atoms with Gasteiger partial charge >= 0.3 is 0 Å². The third kappa shape index (κ3) is 3.22. The lowest BCUT2D eigenvalue weighted by Gasteiger charge is -2.18. The lowest BCUT2D eigenvalue weighted by Crippen LogP contribution is -2.26. The van der Waals surface area contributed by atoms with Gasteiger partial charge in [0.2, 0.25) is 0 Å². The molecule has 4 nitrogen and oxygen atoms in total. The first-order valence-corrected chi connectivity index (χ1v) is 6.76. The number of rotatable bonds is 3. The molecule has 2 aromatic rings. The van der Waals surface area contributed by atoms with E-state index in [-0.39, 0.29) is 11.6 Å². The highest BCUT2D eigenvalue weighted by atomic mass is 79.9. The molecule has 0 aliphatic heterocycles. The summed E-state index contributed by atoms with van der Waals surface area (Å²) in [6.45, 7) is 0.491. The maximum absolute atomic E-state index is 12.3. The maximum atomic E-state index is 12.3. The molecule has 2 rings (SSSR count). The van der Waals surface area contributed by atoms with Crippen molar-refractivity contribution in [2.24, 2.45) is 0 Å². The van der Waals surface area contributed by atoms with Gasteiger partial charge in [-0.05, 0) is 23.8 Å². The minimum atomic E-state index is -0.139. The van der Waals surface area contributed by atoms with E-state index in [1.165, 1.54) is 12.3 Å². The van der Waals surface area contributed by atoms with Crippen molar-refractivity contribution < 1.29 is 4.79 Å². The minimum Gasteiger partial charge on any atom is -0.337 e. The predicted molar refractivity (Wildman–Crippen MR) is 78.9 cm³/mol. The van der Waals surface area contributed by atoms with E-state index < -0.39 is 0 Å². The maximum Gasteiger partial charge on any atom is 0.254 e. The standard InChI is InChI=1S/C15H12BrN3O/c1-19(10-12-4-2-3-5-14(12)16)15(20)11-6-7-18-13(8-11)9-17/h2-8H,10H2,1H3. The summed E-state index contributed by atoms with van der Waals surface area (Å²) in [7, 11) is 1.73. The summed E-state index contributed by atoms with van der Waals surface area (Å²) >= 11 is 3.46. The van der Waals surface area contributed by atoms with Crippen LogP contribution in [0.5, 0.6) is 0 Å². The van der Waals surface area contributed by atoms with Crippen LogP contribution in [0.25, 0.3) is 0 Å². The van der Waals surface area contributed by atoms with E-state index in [9.17, 15) is 4.79 Å². The predicted octanol–water partition coefficient (Wildman–Crippen LogP) is 2.99. The van der Waals surface area contributed by atoms with Gasteiger partial charge in [0, 0.05) is 29.8 Å². The number of hydrogen-bond donors (Lipinski definition) is 0. The topological polar surface area (TPSA) is 57.0 Å². The average Bonchev–Trinajstić information content (AvgIpc) is 2.48. The molecule has 100 valence electrons. The van der Waals surface area contributed by atoms with Gasteiger partial charge in [-0.1, -0.05) is 34.1 Å². The summed E-state index contributed by atoms with van der Waals surface area (Å²) in [5.41, 5.74) is 1.73. The molecule has 1 aromatic carbocycles. The van der Waals surface area contributed by atoms with Gasteiger partial charge in [0.1, 0.15) is 11.8 Å². The Hall–Kier alpha value is -2.19. The molecule has 1 aromatic heterocycles. The molecule has 0 saturated carbocycles. The van der Waals surface area contributed by atoms with Gasteiger partial charge in [-0.25, -0.2) is 4.98 Å². The van der Waals surface area contributed by atoms with E-state index >= 15 is 0 Å². The normalized spacial score (nSPS) is 9.85. The van der Waals surface area contributed by atoms with Gasteiger partial charge in [0.15, 0.2) is 0 Å². The lowest BCUT2D eigenvalue weighted by atomic mass is 10.2. The van der Waals surface area contributed by atoms with Gasteiger partial charge in [0.25, 0.3) is 5.91 Å². The monoisotopic (exact) mass is 329 g/mol. The van der Waals surface area contributed by atoms with E-state index in [1.54, 1.807) is 18.0 Å². The Morgan fingerprint density at radius 1 is 1.40 bits per heavy atom. The fraction of sp³-hybridized carbons (Fsp3) is 0.133. The Labute approximate surface area is 125 Å². The number of pyridine rings is 1. The highest BCUT2D eigenvalue weighted by Gasteiger charge is 2.13. The molecule has 0 bridgehead atoms. The van der Waals surface area contributed by atoms with E-state index in [2.05, 4.69) is 20.9 Å². The van der Waals surface area contributed by atoms with Crippen LogP contribution >= 0.6 is 15.9 Å². The fourth-order valence-corrected chi connectivity index (χ4v) is 2.21. The van der Waals surface area contributed by atoms with Gasteiger partial charge in [-0.3, -0.25) is 4.79 Å². The summed E-state index contributed by atoms with van der Waals surface area (Å²) < 4.78 is 0.965. The Balaban J connectivity index is 2.17. The molecule has 0 aliphatic rings. The highest BCUT2D eigenvalue weighted by Crippen LogP contribution is 2.18. The fourth-order valence-electron chi connectivity index (χ4n) is 1.80. The number of benzene rings is 1. The summed E-state index contributed by atoms with van der Waals surface area (Å²) in [6.07, 6.45) is 1.47. The van der Waals surface area contributed by atoms with Gasteiger partial charge in [-0.2, -0.15) is 5.26 Å². The van der Waals surface area contributed by atoms with Gasteiger partial charge < -0.3 is 4.90 Å². The molecule has 5 heteroatoms. The van der Waals surface area contributed by atoms with Crippen LogP contribution in [-0.4, -0.2) is 22.8 Å². The van der Waals surface area contributed by atoms with Crippen LogP contribution in [0.15, 0.2) is 47.1 Å². The van der Waals surface area contributed by atoms with Crippen LogP contribution in [-0.2, 0) is 6.54 Å². The Kier molecular flexibility index (Phi) is 4.49. The van der Waals surface area contributed by atoms with Crippen molar-refractivity contribution in [2.45, 2.75) is 6.54 Å². The van der Waals surface area contributed by atoms with Crippen LogP contribution < -0.4 is 0 Å². The lowest BCUT2D eigenvalue weighted by molar-refractivity contribution is 0.0784. The first-order valence-electron chi connectivity index (χ1n) is 5.97. The number of nitrogens with zero attached hydrogens (tertiary/aromatic N) is 3. The van der Waals surface area contributed by atoms with E-state index in [1.807, 2.05) is 30.3 Å². The zero-order valence-electron chi connectivity index (χ0n) is 10.9. The van der Waals surface area contributed by atoms with Crippen LogP contribution in [0.2, 0.25) is 0 Å². The van der Waals surface area contributed by atoms with Crippen LogP contribution in [0.1, 0.15) is 21.6 Å². The highest BCUT2D eigenvalue weighted by molar-refractivity contribution is 9.10. The molecule has 0 spiro atoms. The smallest absolute Gasteiger partial charge is 0.254 e. The molecule has 0 aliphatic carbocycles. The second-order valence-electron chi connectivity index (χ2n) is 4.29. The van der Waals surface area contributed by atoms with Gasteiger partial charge in [-0.15, -0.1) is 0 Å². The zero-order valence-corrected chi connectivity index (χ0v) is 12.5. The Morgan fingerprint density at radius 2 is 2.15 bits per heavy atom. The Morgan fingerprint density at radius 3 is 2.85 bits per heavy atom. The number of carbonyl (C=O) groups is 1. The second-order valence-corrected chi connectivity index (χ2v) is 5.15. The molecule has 1 heterocycles. The van der Waals surface area contributed by atoms with Crippen molar-refractivity contribution >= 4 is 21.8 Å². The first kappa shape index (κ1) is 14.2. The quantitative estimate of drug-likeness (QED) is 0.869. The van der Waals surface area contributed by atoms with Crippen LogP contribution in [0.4, 0.5) is 0 Å². The molecule has 20 heavy (non-hydrogen) atoms. The molecule has 0 fully saturated rings. The summed E-state index contributed by atoms with van der Waals surface area (Å²) in [6, 6.07) is 12.8. The van der Waals surface area contributed by atoms with Crippen molar-refractivity contribution in [1.29, 1.82) is 5.26 Å². The van der Waals surface area contributed by atoms with E-state index in [4.69, 9.17) is 5.26 Å². The van der Waals surface area contributed by atoms with Crippen molar-refractivity contribution in [3.63, 3.8) is 0 Å². The molecule has 0 N–H and O–H groups in total. The number of hydrogen-bond acceptors (Lipinski definition) is 3. The second kappa shape index (κ2) is 6.31. The molecular weight excluding hydrogens is 318 g/mol. The number of aromatic nitrogens is 1. The Bertz CT molecular complexity index is 679. The van der Waals surface area contributed by atoms with Crippen LogP contribution in [0.3, 0.4) is 0 Å². The SMILES string of the molecule is CN(Cc1ccccc1Br)C(=O)c1ccnc(C#N)c1. The van der Waals surface area contributed by atoms with Crippen molar-refractivity contribution in [3.05, 3.63) is 63.9 Å².